The molecule has 0 radical (unpaired) electrons. The van der Waals surface area contributed by atoms with Gasteiger partial charge in [0.05, 0.1) is 10.5 Å². The Hall–Kier alpha value is -1.52. The van der Waals surface area contributed by atoms with Crippen molar-refractivity contribution in [3.8, 4) is 5.75 Å². The van der Waals surface area contributed by atoms with Crippen LogP contribution in [-0.4, -0.2) is 12.5 Å². The summed E-state index contributed by atoms with van der Waals surface area (Å²) in [6.07, 6.45) is 0. The molecule has 0 aliphatic rings. The summed E-state index contributed by atoms with van der Waals surface area (Å²) in [5.41, 5.74) is 1.05. The van der Waals surface area contributed by atoms with Crippen molar-refractivity contribution in [2.75, 3.05) is 6.61 Å². The van der Waals surface area contributed by atoms with Crippen LogP contribution in [0, 0.1) is 0 Å². The maximum atomic E-state index is 11.9. The van der Waals surface area contributed by atoms with E-state index >= 15 is 0 Å². The molecule has 0 aliphatic heterocycles. The molecule has 21 heavy (non-hydrogen) atoms. The van der Waals surface area contributed by atoms with Gasteiger partial charge in [-0.05, 0) is 46.6 Å². The fraction of sp³-hybridized carbons (Fsp3) is 0.188. The summed E-state index contributed by atoms with van der Waals surface area (Å²) in [7, 11) is 0. The monoisotopic (exact) mass is 367 g/mol. The van der Waals surface area contributed by atoms with E-state index in [-0.39, 0.29) is 18.6 Å². The van der Waals surface area contributed by atoms with E-state index in [1.807, 2.05) is 37.3 Å². The second-order valence-corrected chi connectivity index (χ2v) is 5.85. The Balaban J connectivity index is 1.87. The van der Waals surface area contributed by atoms with Gasteiger partial charge in [-0.2, -0.15) is 0 Å². The van der Waals surface area contributed by atoms with Crippen molar-refractivity contribution in [2.24, 2.45) is 0 Å². The first-order valence-corrected chi connectivity index (χ1v) is 7.65. The van der Waals surface area contributed by atoms with Gasteiger partial charge in [0, 0.05) is 5.02 Å². The normalized spacial score (nSPS) is 11.8. The highest BCUT2D eigenvalue weighted by Crippen LogP contribution is 2.27. The van der Waals surface area contributed by atoms with Gasteiger partial charge in [0.15, 0.2) is 6.61 Å². The number of amides is 1. The van der Waals surface area contributed by atoms with Crippen molar-refractivity contribution in [3.05, 3.63) is 63.6 Å². The van der Waals surface area contributed by atoms with Gasteiger partial charge in [0.2, 0.25) is 0 Å². The van der Waals surface area contributed by atoms with Gasteiger partial charge in [-0.1, -0.05) is 41.9 Å². The number of hydrogen-bond donors (Lipinski definition) is 1. The summed E-state index contributed by atoms with van der Waals surface area (Å²) in [6.45, 7) is 1.89. The Labute approximate surface area is 137 Å². The molecule has 0 aromatic heterocycles. The third-order valence-electron chi connectivity index (χ3n) is 2.93. The summed E-state index contributed by atoms with van der Waals surface area (Å²) in [4.78, 5) is 11.9. The van der Waals surface area contributed by atoms with Gasteiger partial charge in [0.25, 0.3) is 5.91 Å². The second-order valence-electron chi connectivity index (χ2n) is 4.56. The molecule has 0 saturated heterocycles. The van der Waals surface area contributed by atoms with Crippen LogP contribution in [0.2, 0.25) is 5.02 Å². The van der Waals surface area contributed by atoms with Crippen LogP contribution in [0.25, 0.3) is 0 Å². The number of carbonyl (C=O) groups excluding carboxylic acids is 1. The topological polar surface area (TPSA) is 38.3 Å². The van der Waals surface area contributed by atoms with Gasteiger partial charge >= 0.3 is 0 Å². The number of rotatable bonds is 5. The third-order valence-corrected chi connectivity index (χ3v) is 3.78. The molecule has 0 spiro atoms. The average Bonchev–Trinajstić information content (AvgIpc) is 2.47. The van der Waals surface area contributed by atoms with E-state index in [4.69, 9.17) is 16.3 Å². The largest absolute Gasteiger partial charge is 0.483 e. The van der Waals surface area contributed by atoms with Gasteiger partial charge in [0.1, 0.15) is 5.75 Å². The van der Waals surface area contributed by atoms with Gasteiger partial charge < -0.3 is 10.1 Å². The first-order chi connectivity index (χ1) is 10.1. The molecule has 0 heterocycles. The van der Waals surface area contributed by atoms with Crippen molar-refractivity contribution in [1.29, 1.82) is 0 Å². The van der Waals surface area contributed by atoms with E-state index in [1.165, 1.54) is 0 Å². The summed E-state index contributed by atoms with van der Waals surface area (Å²) >= 11 is 9.20. The first kappa shape index (κ1) is 15.9. The average molecular weight is 369 g/mol. The van der Waals surface area contributed by atoms with Crippen LogP contribution in [0.5, 0.6) is 5.75 Å². The molecular formula is C16H15BrClNO2. The predicted molar refractivity (Wildman–Crippen MR) is 87.6 cm³/mol. The standard InChI is InChI=1S/C16H15BrClNO2/c1-11(12-5-3-2-4-6-12)19-16(20)10-21-15-8-7-13(18)9-14(15)17/h2-9,11H,10H2,1H3,(H,19,20). The number of ether oxygens (including phenoxy) is 1. The van der Waals surface area contributed by atoms with Crippen molar-refractivity contribution >= 4 is 33.4 Å². The zero-order chi connectivity index (χ0) is 15.2. The molecule has 1 N–H and O–H groups in total. The molecule has 2 aromatic rings. The zero-order valence-corrected chi connectivity index (χ0v) is 13.8. The van der Waals surface area contributed by atoms with Crippen LogP contribution in [0.15, 0.2) is 53.0 Å². The van der Waals surface area contributed by atoms with Crippen LogP contribution in [0.3, 0.4) is 0 Å². The lowest BCUT2D eigenvalue weighted by Crippen LogP contribution is -2.31. The first-order valence-electron chi connectivity index (χ1n) is 6.48. The van der Waals surface area contributed by atoms with Crippen molar-refractivity contribution in [1.82, 2.24) is 5.32 Å². The van der Waals surface area contributed by atoms with Gasteiger partial charge in [-0.25, -0.2) is 0 Å². The molecule has 5 heteroatoms. The van der Waals surface area contributed by atoms with Gasteiger partial charge in [-0.3, -0.25) is 4.79 Å². The van der Waals surface area contributed by atoms with E-state index in [0.29, 0.717) is 10.8 Å². The maximum absolute atomic E-state index is 11.9. The second kappa shape index (κ2) is 7.48. The molecule has 0 fully saturated rings. The lowest BCUT2D eigenvalue weighted by atomic mass is 10.1. The molecule has 0 saturated carbocycles. The highest BCUT2D eigenvalue weighted by molar-refractivity contribution is 9.10. The highest BCUT2D eigenvalue weighted by Gasteiger charge is 2.10. The van der Waals surface area contributed by atoms with Crippen molar-refractivity contribution in [2.45, 2.75) is 13.0 Å². The van der Waals surface area contributed by atoms with Crippen molar-refractivity contribution < 1.29 is 9.53 Å². The fourth-order valence-electron chi connectivity index (χ4n) is 1.84. The molecule has 3 nitrogen and oxygen atoms in total. The van der Waals surface area contributed by atoms with Crippen LogP contribution in [-0.2, 0) is 4.79 Å². The molecular weight excluding hydrogens is 354 g/mol. The smallest absolute Gasteiger partial charge is 0.258 e. The number of hydrogen-bond acceptors (Lipinski definition) is 2. The van der Waals surface area contributed by atoms with E-state index < -0.39 is 0 Å². The number of benzene rings is 2. The van der Waals surface area contributed by atoms with E-state index in [9.17, 15) is 4.79 Å². The summed E-state index contributed by atoms with van der Waals surface area (Å²) in [6, 6.07) is 14.9. The number of nitrogens with one attached hydrogen (secondary N) is 1. The number of carbonyl (C=O) groups is 1. The Morgan fingerprint density at radius 3 is 2.67 bits per heavy atom. The summed E-state index contributed by atoms with van der Waals surface area (Å²) < 4.78 is 6.19. The van der Waals surface area contributed by atoms with Crippen LogP contribution in [0.1, 0.15) is 18.5 Å². The zero-order valence-electron chi connectivity index (χ0n) is 11.5. The molecule has 110 valence electrons. The molecule has 1 atom stereocenters. The quantitative estimate of drug-likeness (QED) is 0.851. The SMILES string of the molecule is CC(NC(=O)COc1ccc(Cl)cc1Br)c1ccccc1. The molecule has 1 unspecified atom stereocenters. The van der Waals surface area contributed by atoms with Crippen LogP contribution < -0.4 is 10.1 Å². The molecule has 0 bridgehead atoms. The van der Waals surface area contributed by atoms with Crippen molar-refractivity contribution in [3.63, 3.8) is 0 Å². The van der Waals surface area contributed by atoms with Gasteiger partial charge in [-0.15, -0.1) is 0 Å². The number of halogens is 2. The van der Waals surface area contributed by atoms with Crippen LogP contribution >= 0.6 is 27.5 Å². The molecule has 1 amide bonds. The molecule has 2 rings (SSSR count). The Morgan fingerprint density at radius 1 is 1.29 bits per heavy atom. The fourth-order valence-corrected chi connectivity index (χ4v) is 2.64. The molecule has 2 aromatic carbocycles. The third kappa shape index (κ3) is 4.76. The Kier molecular flexibility index (Phi) is 5.65. The maximum Gasteiger partial charge on any atom is 0.258 e. The molecule has 0 aliphatic carbocycles. The Morgan fingerprint density at radius 2 is 2.00 bits per heavy atom. The minimum atomic E-state index is -0.173. The summed E-state index contributed by atoms with van der Waals surface area (Å²) in [5.74, 6) is 0.412. The summed E-state index contributed by atoms with van der Waals surface area (Å²) in [5, 5.41) is 3.50. The van der Waals surface area contributed by atoms with E-state index in [0.717, 1.165) is 10.0 Å². The Bertz CT molecular complexity index is 619. The lowest BCUT2D eigenvalue weighted by molar-refractivity contribution is -0.123. The minimum Gasteiger partial charge on any atom is -0.483 e. The van der Waals surface area contributed by atoms with E-state index in [1.54, 1.807) is 18.2 Å². The predicted octanol–water partition coefficient (Wildman–Crippen LogP) is 4.36. The van der Waals surface area contributed by atoms with E-state index in [2.05, 4.69) is 21.2 Å². The lowest BCUT2D eigenvalue weighted by Gasteiger charge is -2.15. The minimum absolute atomic E-state index is 0.0442. The van der Waals surface area contributed by atoms with Crippen LogP contribution in [0.4, 0.5) is 0 Å². The highest BCUT2D eigenvalue weighted by atomic mass is 79.9.